The summed E-state index contributed by atoms with van der Waals surface area (Å²) in [5.41, 5.74) is 0.182. The largest absolute Gasteiger partial charge is 0.476 e. The zero-order valence-corrected chi connectivity index (χ0v) is 15.6. The highest BCUT2D eigenvalue weighted by atomic mass is 35.5. The number of carbonyl (C=O) groups is 1. The zero-order chi connectivity index (χ0) is 17.7. The predicted molar refractivity (Wildman–Crippen MR) is 97.3 cm³/mol. The van der Waals surface area contributed by atoms with Crippen molar-refractivity contribution in [1.82, 2.24) is 0 Å². The topological polar surface area (TPSA) is 59.9 Å². The highest BCUT2D eigenvalue weighted by Crippen LogP contribution is 2.24. The number of amides is 1. The number of hydrogen-bond acceptors (Lipinski definition) is 4. The predicted octanol–water partition coefficient (Wildman–Crippen LogP) is 5.31. The Kier molecular flexibility index (Phi) is 6.35. The van der Waals surface area contributed by atoms with Gasteiger partial charge < -0.3 is 9.47 Å². The number of aliphatic imine (C=N–C) groups is 1. The van der Waals surface area contributed by atoms with E-state index in [-0.39, 0.29) is 5.54 Å². The standard InChI is InChI=1S/C17H22Cl2N2O3/c1-4-5-6-14(15-21-17(2,3)10-23-15)24-16(22)20-13-8-11(18)7-12(19)9-13/h7-9,14H,4-6,10H2,1-3H3,(H,20,22). The third kappa shape index (κ3) is 5.56. The van der Waals surface area contributed by atoms with Crippen LogP contribution in [0.4, 0.5) is 10.5 Å². The Labute approximate surface area is 152 Å². The van der Waals surface area contributed by atoms with Gasteiger partial charge in [-0.15, -0.1) is 0 Å². The summed E-state index contributed by atoms with van der Waals surface area (Å²) in [6, 6.07) is 4.79. The summed E-state index contributed by atoms with van der Waals surface area (Å²) < 4.78 is 11.1. The van der Waals surface area contributed by atoms with Crippen molar-refractivity contribution in [2.24, 2.45) is 4.99 Å². The van der Waals surface area contributed by atoms with Gasteiger partial charge in [0.2, 0.25) is 5.90 Å². The molecule has 0 aliphatic carbocycles. The molecule has 7 heteroatoms. The highest BCUT2D eigenvalue weighted by molar-refractivity contribution is 6.35. The molecule has 2 rings (SSSR count). The minimum Gasteiger partial charge on any atom is -0.476 e. The van der Waals surface area contributed by atoms with E-state index in [9.17, 15) is 4.79 Å². The second kappa shape index (κ2) is 8.08. The number of ether oxygens (including phenoxy) is 2. The summed E-state index contributed by atoms with van der Waals surface area (Å²) in [5, 5.41) is 3.51. The maximum Gasteiger partial charge on any atom is 0.412 e. The number of carbonyl (C=O) groups excluding carboxylic acids is 1. The molecule has 0 bridgehead atoms. The Morgan fingerprint density at radius 1 is 1.38 bits per heavy atom. The second-order valence-electron chi connectivity index (χ2n) is 6.37. The summed E-state index contributed by atoms with van der Waals surface area (Å²) in [6.45, 7) is 6.52. The molecule has 0 radical (unpaired) electrons. The number of benzene rings is 1. The molecule has 1 aromatic rings. The average Bonchev–Trinajstić information content (AvgIpc) is 2.82. The number of nitrogens with one attached hydrogen (secondary N) is 1. The van der Waals surface area contributed by atoms with Crippen molar-refractivity contribution in [3.63, 3.8) is 0 Å². The van der Waals surface area contributed by atoms with Crippen molar-refractivity contribution >= 4 is 40.9 Å². The van der Waals surface area contributed by atoms with Gasteiger partial charge >= 0.3 is 6.09 Å². The summed E-state index contributed by atoms with van der Waals surface area (Å²) >= 11 is 11.9. The van der Waals surface area contributed by atoms with Gasteiger partial charge in [-0.1, -0.05) is 36.5 Å². The molecule has 1 unspecified atom stereocenters. The van der Waals surface area contributed by atoms with Crippen LogP contribution in [0.1, 0.15) is 40.0 Å². The molecular weight excluding hydrogens is 351 g/mol. The fourth-order valence-electron chi connectivity index (χ4n) is 2.30. The van der Waals surface area contributed by atoms with Gasteiger partial charge in [-0.2, -0.15) is 0 Å². The monoisotopic (exact) mass is 372 g/mol. The van der Waals surface area contributed by atoms with E-state index in [2.05, 4.69) is 17.2 Å². The maximum absolute atomic E-state index is 12.2. The molecule has 1 aliphatic heterocycles. The van der Waals surface area contributed by atoms with Gasteiger partial charge in [0, 0.05) is 15.7 Å². The molecule has 1 N–H and O–H groups in total. The summed E-state index contributed by atoms with van der Waals surface area (Å²) in [7, 11) is 0. The molecule has 0 fully saturated rings. The molecule has 0 saturated heterocycles. The zero-order valence-electron chi connectivity index (χ0n) is 14.1. The van der Waals surface area contributed by atoms with Crippen LogP contribution in [0.3, 0.4) is 0 Å². The number of hydrogen-bond donors (Lipinski definition) is 1. The molecule has 1 aromatic carbocycles. The summed E-state index contributed by atoms with van der Waals surface area (Å²) in [5.74, 6) is 0.479. The van der Waals surface area contributed by atoms with Crippen molar-refractivity contribution < 1.29 is 14.3 Å². The number of unbranched alkanes of at least 4 members (excludes halogenated alkanes) is 1. The number of halogens is 2. The lowest BCUT2D eigenvalue weighted by atomic mass is 10.1. The number of anilines is 1. The first-order chi connectivity index (χ1) is 11.3. The van der Waals surface area contributed by atoms with Gasteiger partial charge in [0.05, 0.1) is 5.54 Å². The van der Waals surface area contributed by atoms with Crippen LogP contribution in [-0.2, 0) is 9.47 Å². The van der Waals surface area contributed by atoms with Gasteiger partial charge in [-0.3, -0.25) is 5.32 Å². The first-order valence-corrected chi connectivity index (χ1v) is 8.71. The Bertz CT molecular complexity index is 612. The quantitative estimate of drug-likeness (QED) is 0.735. The fourth-order valence-corrected chi connectivity index (χ4v) is 2.83. The van der Waals surface area contributed by atoms with Crippen molar-refractivity contribution in [3.8, 4) is 0 Å². The van der Waals surface area contributed by atoms with Crippen LogP contribution >= 0.6 is 23.2 Å². The Morgan fingerprint density at radius 2 is 2.04 bits per heavy atom. The smallest absolute Gasteiger partial charge is 0.412 e. The summed E-state index contributed by atoms with van der Waals surface area (Å²) in [4.78, 5) is 16.7. The van der Waals surface area contributed by atoms with Crippen LogP contribution < -0.4 is 5.32 Å². The molecular formula is C17H22Cl2N2O3. The molecule has 1 heterocycles. The van der Waals surface area contributed by atoms with Crippen LogP contribution in [0.25, 0.3) is 0 Å². The van der Waals surface area contributed by atoms with E-state index in [0.717, 1.165) is 12.8 Å². The minimum absolute atomic E-state index is 0.292. The Hall–Kier alpha value is -1.46. The molecule has 1 amide bonds. The molecule has 1 atom stereocenters. The van der Waals surface area contributed by atoms with Crippen LogP contribution in [-0.4, -0.2) is 30.2 Å². The molecule has 0 aromatic heterocycles. The van der Waals surface area contributed by atoms with Crippen LogP contribution in [0, 0.1) is 0 Å². The minimum atomic E-state index is -0.592. The fraction of sp³-hybridized carbons (Fsp3) is 0.529. The Morgan fingerprint density at radius 3 is 2.58 bits per heavy atom. The van der Waals surface area contributed by atoms with E-state index < -0.39 is 12.2 Å². The van der Waals surface area contributed by atoms with Gasteiger partial charge in [0.15, 0.2) is 6.10 Å². The average molecular weight is 373 g/mol. The van der Waals surface area contributed by atoms with Gasteiger partial charge in [0.25, 0.3) is 0 Å². The van der Waals surface area contributed by atoms with Crippen molar-refractivity contribution in [2.75, 3.05) is 11.9 Å². The molecule has 0 saturated carbocycles. The van der Waals surface area contributed by atoms with E-state index in [1.165, 1.54) is 0 Å². The molecule has 0 spiro atoms. The van der Waals surface area contributed by atoms with E-state index in [1.807, 2.05) is 13.8 Å². The molecule has 24 heavy (non-hydrogen) atoms. The third-order valence-corrected chi connectivity index (χ3v) is 3.88. The molecule has 132 valence electrons. The van der Waals surface area contributed by atoms with Crippen LogP contribution in [0.15, 0.2) is 23.2 Å². The summed E-state index contributed by atoms with van der Waals surface area (Å²) in [6.07, 6.45) is 1.47. The molecule has 5 nitrogen and oxygen atoms in total. The van der Waals surface area contributed by atoms with E-state index in [1.54, 1.807) is 18.2 Å². The van der Waals surface area contributed by atoms with Gasteiger partial charge in [-0.05, 0) is 44.9 Å². The lowest BCUT2D eigenvalue weighted by Gasteiger charge is -2.17. The Balaban J connectivity index is 2.04. The van der Waals surface area contributed by atoms with E-state index >= 15 is 0 Å². The number of nitrogens with zero attached hydrogens (tertiary/aromatic N) is 1. The van der Waals surface area contributed by atoms with E-state index in [0.29, 0.717) is 34.7 Å². The second-order valence-corrected chi connectivity index (χ2v) is 7.24. The van der Waals surface area contributed by atoms with Crippen molar-refractivity contribution in [1.29, 1.82) is 0 Å². The first kappa shape index (κ1) is 18.9. The lowest BCUT2D eigenvalue weighted by Crippen LogP contribution is -2.30. The lowest BCUT2D eigenvalue weighted by molar-refractivity contribution is 0.122. The number of rotatable bonds is 6. The van der Waals surface area contributed by atoms with Crippen molar-refractivity contribution in [2.45, 2.75) is 51.7 Å². The SMILES string of the molecule is CCCCC(OC(=O)Nc1cc(Cl)cc(Cl)c1)C1=NC(C)(C)CO1. The molecule has 1 aliphatic rings. The van der Waals surface area contributed by atoms with Crippen LogP contribution in [0.2, 0.25) is 10.0 Å². The van der Waals surface area contributed by atoms with Crippen molar-refractivity contribution in [3.05, 3.63) is 28.2 Å². The van der Waals surface area contributed by atoms with Crippen LogP contribution in [0.5, 0.6) is 0 Å². The normalized spacial score (nSPS) is 17.0. The van der Waals surface area contributed by atoms with Gasteiger partial charge in [-0.25, -0.2) is 9.79 Å². The maximum atomic E-state index is 12.2. The highest BCUT2D eigenvalue weighted by Gasteiger charge is 2.32. The van der Waals surface area contributed by atoms with E-state index in [4.69, 9.17) is 32.7 Å². The van der Waals surface area contributed by atoms with Gasteiger partial charge in [0.1, 0.15) is 6.61 Å². The third-order valence-electron chi connectivity index (χ3n) is 3.44. The first-order valence-electron chi connectivity index (χ1n) is 7.95.